The maximum Gasteiger partial charge on any atom is 0.416 e. The van der Waals surface area contributed by atoms with Crippen LogP contribution in [0.3, 0.4) is 0 Å². The third kappa shape index (κ3) is 3.26. The van der Waals surface area contributed by atoms with Gasteiger partial charge < -0.3 is 9.80 Å². The Labute approximate surface area is 151 Å². The number of amides is 1. The number of nitrogens with zero attached hydrogens (tertiary/aromatic N) is 4. The lowest BCUT2D eigenvalue weighted by Gasteiger charge is -2.25. The summed E-state index contributed by atoms with van der Waals surface area (Å²) in [5.74, 6) is 0.124. The summed E-state index contributed by atoms with van der Waals surface area (Å²) in [4.78, 5) is 31.3. The van der Waals surface area contributed by atoms with Crippen LogP contribution in [0, 0.1) is 5.92 Å². The van der Waals surface area contributed by atoms with Crippen LogP contribution >= 0.6 is 0 Å². The molecule has 0 bridgehead atoms. The van der Waals surface area contributed by atoms with Gasteiger partial charge in [0.15, 0.2) is 0 Å². The quantitative estimate of drug-likeness (QED) is 0.856. The Morgan fingerprint density at radius 3 is 2.74 bits per heavy atom. The molecule has 1 amide bonds. The number of pyridine rings is 1. The Balaban J connectivity index is 1.52. The smallest absolute Gasteiger partial charge is 0.354 e. The zero-order valence-corrected chi connectivity index (χ0v) is 14.1. The van der Waals surface area contributed by atoms with Crippen LogP contribution < -0.4 is 10.5 Å². The van der Waals surface area contributed by atoms with Crippen molar-refractivity contribution < 1.29 is 18.0 Å². The molecule has 1 N–H and O–H groups in total. The van der Waals surface area contributed by atoms with Gasteiger partial charge in [-0.05, 0) is 24.6 Å². The van der Waals surface area contributed by atoms with Gasteiger partial charge in [-0.25, -0.2) is 10.1 Å². The summed E-state index contributed by atoms with van der Waals surface area (Å²) in [6.07, 6.45) is -2.51. The third-order valence-electron chi connectivity index (χ3n) is 5.10. The zero-order valence-electron chi connectivity index (χ0n) is 14.1. The number of halogens is 3. The molecule has 0 spiro atoms. The lowest BCUT2D eigenvalue weighted by molar-refractivity contribution is -0.137. The van der Waals surface area contributed by atoms with E-state index in [1.807, 2.05) is 0 Å². The van der Waals surface area contributed by atoms with E-state index in [-0.39, 0.29) is 29.4 Å². The molecule has 27 heavy (non-hydrogen) atoms. The van der Waals surface area contributed by atoms with Crippen LogP contribution in [0.5, 0.6) is 0 Å². The number of rotatable bonds is 2. The monoisotopic (exact) mass is 379 g/mol. The predicted octanol–water partition coefficient (Wildman–Crippen LogP) is 1.53. The lowest BCUT2D eigenvalue weighted by Crippen LogP contribution is -2.40. The van der Waals surface area contributed by atoms with Crippen molar-refractivity contribution in [3.05, 3.63) is 52.1 Å². The second kappa shape index (κ2) is 6.36. The highest BCUT2D eigenvalue weighted by Crippen LogP contribution is 2.36. The number of H-pyrrole nitrogens is 1. The molecule has 2 aromatic rings. The van der Waals surface area contributed by atoms with Crippen molar-refractivity contribution in [2.24, 2.45) is 5.92 Å². The molecule has 7 nitrogen and oxygen atoms in total. The van der Waals surface area contributed by atoms with Crippen LogP contribution in [0.1, 0.15) is 22.5 Å². The van der Waals surface area contributed by atoms with Gasteiger partial charge >= 0.3 is 6.18 Å². The number of nitrogens with one attached hydrogen (secondary N) is 1. The number of likely N-dealkylation sites (tertiary alicyclic amines) is 1. The molecule has 4 rings (SSSR count). The summed E-state index contributed by atoms with van der Waals surface area (Å²) in [6.45, 7) is 1.51. The van der Waals surface area contributed by atoms with Crippen molar-refractivity contribution in [2.45, 2.75) is 18.6 Å². The van der Waals surface area contributed by atoms with Crippen LogP contribution in [-0.4, -0.2) is 51.7 Å². The number of aromatic amines is 1. The maximum atomic E-state index is 12.9. The predicted molar refractivity (Wildman–Crippen MR) is 89.2 cm³/mol. The Morgan fingerprint density at radius 1 is 1.22 bits per heavy atom. The van der Waals surface area contributed by atoms with Crippen molar-refractivity contribution in [2.75, 3.05) is 24.5 Å². The SMILES string of the molecule is O=C(c1ccc(=O)[nH]n1)N1CCC2CN(c3cc(C(F)(F)F)ccn3)CC21. The third-order valence-corrected chi connectivity index (χ3v) is 5.10. The second-order valence-corrected chi connectivity index (χ2v) is 6.73. The van der Waals surface area contributed by atoms with E-state index in [0.717, 1.165) is 24.8 Å². The number of carbonyl (C=O) groups excluding carboxylic acids is 1. The molecule has 0 aromatic carbocycles. The van der Waals surface area contributed by atoms with Crippen molar-refractivity contribution in [3.63, 3.8) is 0 Å². The molecule has 4 heterocycles. The maximum absolute atomic E-state index is 12.9. The highest BCUT2D eigenvalue weighted by molar-refractivity contribution is 5.92. The minimum atomic E-state index is -4.43. The van der Waals surface area contributed by atoms with E-state index in [0.29, 0.717) is 19.6 Å². The average molecular weight is 379 g/mol. The number of hydrogen-bond donors (Lipinski definition) is 1. The van der Waals surface area contributed by atoms with Gasteiger partial charge in [0.2, 0.25) is 0 Å². The molecule has 0 saturated carbocycles. The molecule has 10 heteroatoms. The van der Waals surface area contributed by atoms with Crippen molar-refractivity contribution in [1.82, 2.24) is 20.1 Å². The first-order chi connectivity index (χ1) is 12.8. The van der Waals surface area contributed by atoms with Gasteiger partial charge in [-0.1, -0.05) is 0 Å². The average Bonchev–Trinajstić information content (AvgIpc) is 3.22. The minimum absolute atomic E-state index is 0.123. The number of alkyl halides is 3. The van der Waals surface area contributed by atoms with Crippen LogP contribution in [0.25, 0.3) is 0 Å². The first kappa shape index (κ1) is 17.5. The summed E-state index contributed by atoms with van der Waals surface area (Å²) in [5, 5.41) is 6.01. The van der Waals surface area contributed by atoms with Crippen molar-refractivity contribution in [1.29, 1.82) is 0 Å². The van der Waals surface area contributed by atoms with Gasteiger partial charge in [0.1, 0.15) is 11.5 Å². The molecule has 2 atom stereocenters. The molecule has 2 unspecified atom stereocenters. The Hall–Kier alpha value is -2.91. The van der Waals surface area contributed by atoms with E-state index in [4.69, 9.17) is 0 Å². The second-order valence-electron chi connectivity index (χ2n) is 6.73. The van der Waals surface area contributed by atoms with Gasteiger partial charge in [-0.3, -0.25) is 9.59 Å². The van der Waals surface area contributed by atoms with Gasteiger partial charge in [0.25, 0.3) is 11.5 Å². The normalized spacial score (nSPS) is 22.2. The summed E-state index contributed by atoms with van der Waals surface area (Å²) in [6, 6.07) is 4.47. The molecule has 2 fully saturated rings. The fraction of sp³-hybridized carbons (Fsp3) is 0.412. The standard InChI is InChI=1S/C17H16F3N5O2/c18-17(19,20)11-3-5-21-14(7-11)24-8-10-4-6-25(13(10)9-24)16(27)12-1-2-15(26)23-22-12/h1-3,5,7,10,13H,4,6,8-9H2,(H,23,26). The Bertz CT molecular complexity index is 909. The number of hydrogen-bond acceptors (Lipinski definition) is 5. The summed E-state index contributed by atoms with van der Waals surface area (Å²) in [5.41, 5.74) is -0.991. The number of fused-ring (bicyclic) bond motifs is 1. The first-order valence-corrected chi connectivity index (χ1v) is 8.48. The topological polar surface area (TPSA) is 82.2 Å². The highest BCUT2D eigenvalue weighted by Gasteiger charge is 2.44. The molecule has 2 aliphatic rings. The molecule has 2 aliphatic heterocycles. The molecular weight excluding hydrogens is 363 g/mol. The summed E-state index contributed by atoms with van der Waals surface area (Å²) in [7, 11) is 0. The van der Waals surface area contributed by atoms with Crippen LogP contribution in [-0.2, 0) is 6.18 Å². The van der Waals surface area contributed by atoms with E-state index in [2.05, 4.69) is 15.2 Å². The van der Waals surface area contributed by atoms with Crippen LogP contribution in [0.4, 0.5) is 19.0 Å². The minimum Gasteiger partial charge on any atom is -0.354 e. The number of anilines is 1. The molecule has 2 saturated heterocycles. The zero-order chi connectivity index (χ0) is 19.2. The number of carbonyl (C=O) groups is 1. The van der Waals surface area contributed by atoms with Crippen LogP contribution in [0.2, 0.25) is 0 Å². The summed E-state index contributed by atoms with van der Waals surface area (Å²) < 4.78 is 38.8. The van der Waals surface area contributed by atoms with E-state index in [1.54, 1.807) is 9.80 Å². The fourth-order valence-corrected chi connectivity index (χ4v) is 3.78. The highest BCUT2D eigenvalue weighted by atomic mass is 19.4. The van der Waals surface area contributed by atoms with Crippen molar-refractivity contribution in [3.8, 4) is 0 Å². The fourth-order valence-electron chi connectivity index (χ4n) is 3.78. The van der Waals surface area contributed by atoms with E-state index in [1.165, 1.54) is 12.1 Å². The van der Waals surface area contributed by atoms with E-state index < -0.39 is 17.3 Å². The largest absolute Gasteiger partial charge is 0.416 e. The van der Waals surface area contributed by atoms with Gasteiger partial charge in [0, 0.05) is 37.8 Å². The van der Waals surface area contributed by atoms with Gasteiger partial charge in [-0.2, -0.15) is 18.3 Å². The molecule has 0 radical (unpaired) electrons. The lowest BCUT2D eigenvalue weighted by atomic mass is 10.1. The number of aromatic nitrogens is 3. The van der Waals surface area contributed by atoms with Crippen molar-refractivity contribution >= 4 is 11.7 Å². The first-order valence-electron chi connectivity index (χ1n) is 8.48. The molecule has 142 valence electrons. The van der Waals surface area contributed by atoms with Gasteiger partial charge in [-0.15, -0.1) is 0 Å². The van der Waals surface area contributed by atoms with Crippen LogP contribution in [0.15, 0.2) is 35.3 Å². The molecule has 2 aromatic heterocycles. The molecule has 0 aliphatic carbocycles. The van der Waals surface area contributed by atoms with E-state index in [9.17, 15) is 22.8 Å². The Kier molecular flexibility index (Phi) is 4.12. The Morgan fingerprint density at radius 2 is 2.04 bits per heavy atom. The van der Waals surface area contributed by atoms with Gasteiger partial charge in [0.05, 0.1) is 11.6 Å². The molecular formula is C17H16F3N5O2. The van der Waals surface area contributed by atoms with E-state index >= 15 is 0 Å². The summed E-state index contributed by atoms with van der Waals surface area (Å²) >= 11 is 0.